The zero-order valence-electron chi connectivity index (χ0n) is 13.8. The van der Waals surface area contributed by atoms with E-state index in [4.69, 9.17) is 0 Å². The largest absolute Gasteiger partial charge is 0.380 e. The van der Waals surface area contributed by atoms with Crippen LogP contribution in [0.25, 0.3) is 22.6 Å². The lowest BCUT2D eigenvalue weighted by atomic mass is 9.84. The number of anilines is 1. The van der Waals surface area contributed by atoms with Gasteiger partial charge in [0.15, 0.2) is 5.82 Å². The van der Waals surface area contributed by atoms with Gasteiger partial charge in [0.2, 0.25) is 0 Å². The Balaban J connectivity index is 1.58. The zero-order chi connectivity index (χ0) is 17.3. The van der Waals surface area contributed by atoms with Gasteiger partial charge in [0, 0.05) is 11.9 Å². The molecule has 0 aliphatic heterocycles. The van der Waals surface area contributed by atoms with Gasteiger partial charge in [-0.3, -0.25) is 9.78 Å². The third kappa shape index (κ3) is 3.13. The summed E-state index contributed by atoms with van der Waals surface area (Å²) in [5, 5.41) is 13.4. The first-order valence-corrected chi connectivity index (χ1v) is 8.59. The predicted octanol–water partition coefficient (Wildman–Crippen LogP) is 3.26. The number of benzene rings is 1. The molecule has 1 fully saturated rings. The van der Waals surface area contributed by atoms with Crippen molar-refractivity contribution in [2.24, 2.45) is 0 Å². The monoisotopic (exact) mass is 336 g/mol. The van der Waals surface area contributed by atoms with E-state index >= 15 is 0 Å². The molecule has 6 nitrogen and oxygen atoms in total. The molecule has 0 radical (unpaired) electrons. The number of aromatic nitrogens is 3. The summed E-state index contributed by atoms with van der Waals surface area (Å²) >= 11 is 0. The molecule has 1 aliphatic rings. The average Bonchev–Trinajstić information content (AvgIpc) is 3.06. The second kappa shape index (κ2) is 6.29. The van der Waals surface area contributed by atoms with Gasteiger partial charge in [0.1, 0.15) is 11.3 Å². The summed E-state index contributed by atoms with van der Waals surface area (Å²) < 4.78 is 0. The molecule has 2 heterocycles. The third-order valence-electron chi connectivity index (χ3n) is 4.75. The molecular formula is C19H20N4O2. The van der Waals surface area contributed by atoms with Gasteiger partial charge in [-0.25, -0.2) is 4.98 Å². The summed E-state index contributed by atoms with van der Waals surface area (Å²) in [4.78, 5) is 24.5. The van der Waals surface area contributed by atoms with Crippen molar-refractivity contribution in [1.29, 1.82) is 0 Å². The van der Waals surface area contributed by atoms with Crippen LogP contribution >= 0.6 is 0 Å². The van der Waals surface area contributed by atoms with Gasteiger partial charge in [0.25, 0.3) is 5.91 Å². The van der Waals surface area contributed by atoms with E-state index in [0.717, 1.165) is 36.0 Å². The highest BCUT2D eigenvalue weighted by atomic mass is 16.3. The lowest BCUT2D eigenvalue weighted by molar-refractivity contribution is -0.137. The van der Waals surface area contributed by atoms with Crippen LogP contribution in [0.3, 0.4) is 0 Å². The maximum absolute atomic E-state index is 12.5. The second-order valence-electron chi connectivity index (χ2n) is 6.58. The molecule has 128 valence electrons. The van der Waals surface area contributed by atoms with Crippen LogP contribution in [0.15, 0.2) is 42.6 Å². The number of fused-ring (bicyclic) bond motifs is 1. The summed E-state index contributed by atoms with van der Waals surface area (Å²) in [5.74, 6) is 0.362. The van der Waals surface area contributed by atoms with Crippen LogP contribution in [0.2, 0.25) is 0 Å². The number of carbonyl (C=O) groups excluding carboxylic acids is 1. The summed E-state index contributed by atoms with van der Waals surface area (Å²) in [6.07, 6.45) is 5.61. The highest BCUT2D eigenvalue weighted by Gasteiger charge is 2.37. The van der Waals surface area contributed by atoms with Crippen LogP contribution in [-0.2, 0) is 4.79 Å². The molecule has 4 rings (SSSR count). The van der Waals surface area contributed by atoms with Crippen LogP contribution in [-0.4, -0.2) is 31.6 Å². The molecule has 0 saturated heterocycles. The Kier molecular flexibility index (Phi) is 3.97. The number of hydrogen-bond donors (Lipinski definition) is 3. The zero-order valence-corrected chi connectivity index (χ0v) is 13.8. The molecule has 0 atom stereocenters. The molecule has 6 heteroatoms. The topological polar surface area (TPSA) is 90.9 Å². The molecule has 3 aromatic rings. The molecular weight excluding hydrogens is 316 g/mol. The summed E-state index contributed by atoms with van der Waals surface area (Å²) in [7, 11) is 0. The first-order chi connectivity index (χ1) is 12.1. The minimum Gasteiger partial charge on any atom is -0.380 e. The molecule has 0 spiro atoms. The SMILES string of the molecule is O=C(Nc1ccc2nc(-c3ccccn3)[nH]c2c1)C1(O)CCCCC1. The number of H-pyrrole nitrogens is 1. The van der Waals surface area contributed by atoms with E-state index in [0.29, 0.717) is 24.4 Å². The highest BCUT2D eigenvalue weighted by Crippen LogP contribution is 2.30. The molecule has 25 heavy (non-hydrogen) atoms. The highest BCUT2D eigenvalue weighted by molar-refractivity contribution is 5.98. The van der Waals surface area contributed by atoms with E-state index < -0.39 is 5.60 Å². The fraction of sp³-hybridized carbons (Fsp3) is 0.316. The molecule has 0 bridgehead atoms. The molecule has 2 aromatic heterocycles. The van der Waals surface area contributed by atoms with Crippen molar-refractivity contribution in [3.8, 4) is 11.5 Å². The van der Waals surface area contributed by atoms with Crippen molar-refractivity contribution in [2.45, 2.75) is 37.7 Å². The minimum atomic E-state index is -1.25. The normalized spacial score (nSPS) is 16.7. The maximum Gasteiger partial charge on any atom is 0.256 e. The van der Waals surface area contributed by atoms with E-state index in [1.165, 1.54) is 0 Å². The molecule has 3 N–H and O–H groups in total. The number of aliphatic hydroxyl groups is 1. The number of rotatable bonds is 3. The van der Waals surface area contributed by atoms with Crippen LogP contribution in [0.4, 0.5) is 5.69 Å². The Morgan fingerprint density at radius 3 is 2.76 bits per heavy atom. The van der Waals surface area contributed by atoms with Gasteiger partial charge < -0.3 is 15.4 Å². The Bertz CT molecular complexity index is 898. The number of carbonyl (C=O) groups is 1. The second-order valence-corrected chi connectivity index (χ2v) is 6.58. The number of nitrogens with zero attached hydrogens (tertiary/aromatic N) is 2. The van der Waals surface area contributed by atoms with Gasteiger partial charge in [-0.15, -0.1) is 0 Å². The lowest BCUT2D eigenvalue weighted by Crippen LogP contribution is -2.44. The smallest absolute Gasteiger partial charge is 0.256 e. The van der Waals surface area contributed by atoms with Crippen LogP contribution in [0, 0.1) is 0 Å². The molecule has 1 saturated carbocycles. The van der Waals surface area contributed by atoms with Crippen LogP contribution in [0.5, 0.6) is 0 Å². The minimum absolute atomic E-state index is 0.323. The van der Waals surface area contributed by atoms with Crippen molar-refractivity contribution in [1.82, 2.24) is 15.0 Å². The summed E-state index contributed by atoms with van der Waals surface area (Å²) in [6.45, 7) is 0. The van der Waals surface area contributed by atoms with E-state index in [1.54, 1.807) is 12.3 Å². The number of hydrogen-bond acceptors (Lipinski definition) is 4. The predicted molar refractivity (Wildman–Crippen MR) is 96.0 cm³/mol. The van der Waals surface area contributed by atoms with Crippen LogP contribution < -0.4 is 5.32 Å². The van der Waals surface area contributed by atoms with Gasteiger partial charge in [-0.2, -0.15) is 0 Å². The molecule has 1 aromatic carbocycles. The lowest BCUT2D eigenvalue weighted by Gasteiger charge is -2.30. The number of nitrogens with one attached hydrogen (secondary N) is 2. The quantitative estimate of drug-likeness (QED) is 0.685. The van der Waals surface area contributed by atoms with E-state index in [1.807, 2.05) is 30.3 Å². The summed E-state index contributed by atoms with van der Waals surface area (Å²) in [6, 6.07) is 11.1. The van der Waals surface area contributed by atoms with Gasteiger partial charge in [-0.1, -0.05) is 25.3 Å². The van der Waals surface area contributed by atoms with Crippen molar-refractivity contribution in [3.05, 3.63) is 42.6 Å². The maximum atomic E-state index is 12.5. The Hall–Kier alpha value is -2.73. The fourth-order valence-electron chi connectivity index (χ4n) is 3.32. The molecule has 1 aliphatic carbocycles. The van der Waals surface area contributed by atoms with E-state index in [9.17, 15) is 9.90 Å². The Labute approximate surface area is 145 Å². The number of pyridine rings is 1. The van der Waals surface area contributed by atoms with Crippen molar-refractivity contribution < 1.29 is 9.90 Å². The van der Waals surface area contributed by atoms with Gasteiger partial charge in [0.05, 0.1) is 11.0 Å². The number of aromatic amines is 1. The standard InChI is InChI=1S/C19H20N4O2/c24-18(19(25)9-3-1-4-10-19)21-13-7-8-14-16(12-13)23-17(22-14)15-6-2-5-11-20-15/h2,5-8,11-12,25H,1,3-4,9-10H2,(H,21,24)(H,22,23). The summed E-state index contributed by atoms with van der Waals surface area (Å²) in [5.41, 5.74) is 1.78. The third-order valence-corrected chi connectivity index (χ3v) is 4.75. The first kappa shape index (κ1) is 15.8. The Morgan fingerprint density at radius 2 is 2.00 bits per heavy atom. The van der Waals surface area contributed by atoms with Crippen molar-refractivity contribution in [2.75, 3.05) is 5.32 Å². The van der Waals surface area contributed by atoms with Gasteiger partial charge in [-0.05, 0) is 43.2 Å². The molecule has 0 unspecified atom stereocenters. The number of amides is 1. The Morgan fingerprint density at radius 1 is 1.16 bits per heavy atom. The molecule has 1 amide bonds. The van der Waals surface area contributed by atoms with E-state index in [-0.39, 0.29) is 5.91 Å². The first-order valence-electron chi connectivity index (χ1n) is 8.59. The van der Waals surface area contributed by atoms with Crippen molar-refractivity contribution in [3.63, 3.8) is 0 Å². The van der Waals surface area contributed by atoms with Crippen LogP contribution in [0.1, 0.15) is 32.1 Å². The average molecular weight is 336 g/mol. The fourth-order valence-corrected chi connectivity index (χ4v) is 3.32. The number of imidazole rings is 1. The van der Waals surface area contributed by atoms with E-state index in [2.05, 4.69) is 20.3 Å². The van der Waals surface area contributed by atoms with Gasteiger partial charge >= 0.3 is 0 Å². The van der Waals surface area contributed by atoms with Crippen molar-refractivity contribution >= 4 is 22.6 Å².